The molecule has 1 aromatic rings. The molecule has 0 bridgehead atoms. The summed E-state index contributed by atoms with van der Waals surface area (Å²) in [6.07, 6.45) is 1.01. The minimum atomic E-state index is 0.446. The molecule has 0 unspecified atom stereocenters. The van der Waals surface area contributed by atoms with Gasteiger partial charge in [-0.05, 0) is 12.3 Å². The maximum Gasteiger partial charge on any atom is 0.109 e. The normalized spacial score (nSPS) is 11.6. The van der Waals surface area contributed by atoms with Crippen molar-refractivity contribution < 1.29 is 0 Å². The van der Waals surface area contributed by atoms with Gasteiger partial charge >= 0.3 is 0 Å². The molecule has 0 spiro atoms. The number of nitrogens with one attached hydrogen (secondary N) is 1. The van der Waals surface area contributed by atoms with Gasteiger partial charge in [0, 0.05) is 12.5 Å². The van der Waals surface area contributed by atoms with E-state index in [1.54, 1.807) is 0 Å². The minimum Gasteiger partial charge on any atom is -0.344 e. The molecule has 0 aliphatic carbocycles. The Bertz CT molecular complexity index is 287. The molecule has 3 heteroatoms. The Morgan fingerprint density at radius 2 is 1.93 bits per heavy atom. The molecule has 0 amide bonds. The second-order valence-electron chi connectivity index (χ2n) is 4.50. The van der Waals surface area contributed by atoms with Crippen LogP contribution in [0, 0.1) is 5.92 Å². The fourth-order valence-corrected chi connectivity index (χ4v) is 1.47. The number of nitrogens with zero attached hydrogens (tertiary/aromatic N) is 1. The van der Waals surface area contributed by atoms with Gasteiger partial charge in [-0.25, -0.2) is 4.98 Å². The number of rotatable bonds is 4. The van der Waals surface area contributed by atoms with Crippen molar-refractivity contribution in [3.8, 4) is 0 Å². The Balaban J connectivity index is 2.90. The Hall–Kier alpha value is -0.830. The lowest BCUT2D eigenvalue weighted by molar-refractivity contribution is 0.630. The first-order valence-corrected chi connectivity index (χ1v) is 5.32. The molecular weight excluding hydrogens is 174 g/mol. The van der Waals surface area contributed by atoms with Crippen molar-refractivity contribution in [3.63, 3.8) is 0 Å². The summed E-state index contributed by atoms with van der Waals surface area (Å²) >= 11 is 0. The summed E-state index contributed by atoms with van der Waals surface area (Å²) < 4.78 is 0. The van der Waals surface area contributed by atoms with Gasteiger partial charge in [0.1, 0.15) is 5.82 Å². The van der Waals surface area contributed by atoms with Crippen LogP contribution in [-0.2, 0) is 13.0 Å². The van der Waals surface area contributed by atoms with Gasteiger partial charge in [0.15, 0.2) is 0 Å². The van der Waals surface area contributed by atoms with Gasteiger partial charge < -0.3 is 10.7 Å². The fourth-order valence-electron chi connectivity index (χ4n) is 1.47. The van der Waals surface area contributed by atoms with Crippen LogP contribution in [0.3, 0.4) is 0 Å². The third-order valence-corrected chi connectivity index (χ3v) is 2.24. The van der Waals surface area contributed by atoms with Crippen LogP contribution in [0.15, 0.2) is 0 Å². The Labute approximate surface area is 86.1 Å². The molecule has 0 saturated carbocycles. The quantitative estimate of drug-likeness (QED) is 0.773. The number of hydrogen-bond acceptors (Lipinski definition) is 2. The molecule has 0 aliphatic rings. The third-order valence-electron chi connectivity index (χ3n) is 2.24. The van der Waals surface area contributed by atoms with Crippen molar-refractivity contribution in [2.45, 2.75) is 46.6 Å². The molecule has 1 aromatic heterocycles. The van der Waals surface area contributed by atoms with Crippen LogP contribution in [-0.4, -0.2) is 9.97 Å². The van der Waals surface area contributed by atoms with Gasteiger partial charge in [0.25, 0.3) is 0 Å². The predicted molar refractivity (Wildman–Crippen MR) is 59.1 cm³/mol. The predicted octanol–water partition coefficient (Wildman–Crippen LogP) is 2.19. The number of imidazole rings is 1. The van der Waals surface area contributed by atoms with Gasteiger partial charge in [0.05, 0.1) is 11.4 Å². The molecule has 0 aromatic carbocycles. The van der Waals surface area contributed by atoms with Crippen LogP contribution in [0.5, 0.6) is 0 Å². The minimum absolute atomic E-state index is 0.446. The molecule has 0 atom stereocenters. The summed E-state index contributed by atoms with van der Waals surface area (Å²) in [7, 11) is 0. The van der Waals surface area contributed by atoms with Gasteiger partial charge in [-0.15, -0.1) is 0 Å². The van der Waals surface area contributed by atoms with Crippen LogP contribution in [0.4, 0.5) is 0 Å². The number of H-pyrrole nitrogens is 1. The van der Waals surface area contributed by atoms with E-state index in [-0.39, 0.29) is 0 Å². The first-order chi connectivity index (χ1) is 6.54. The maximum atomic E-state index is 5.67. The van der Waals surface area contributed by atoms with E-state index in [0.29, 0.717) is 18.4 Å². The van der Waals surface area contributed by atoms with E-state index in [4.69, 9.17) is 5.73 Å². The number of aromatic amines is 1. The maximum absolute atomic E-state index is 5.67. The van der Waals surface area contributed by atoms with Crippen LogP contribution in [0.1, 0.15) is 50.8 Å². The summed E-state index contributed by atoms with van der Waals surface area (Å²) in [4.78, 5) is 7.89. The van der Waals surface area contributed by atoms with Crippen molar-refractivity contribution in [3.05, 3.63) is 17.2 Å². The van der Waals surface area contributed by atoms with E-state index in [0.717, 1.165) is 23.6 Å². The first kappa shape index (κ1) is 11.2. The van der Waals surface area contributed by atoms with Gasteiger partial charge in [0.2, 0.25) is 0 Å². The second-order valence-corrected chi connectivity index (χ2v) is 4.50. The van der Waals surface area contributed by atoms with Crippen molar-refractivity contribution in [1.29, 1.82) is 0 Å². The first-order valence-electron chi connectivity index (χ1n) is 5.32. The van der Waals surface area contributed by atoms with Crippen molar-refractivity contribution >= 4 is 0 Å². The van der Waals surface area contributed by atoms with E-state index in [9.17, 15) is 0 Å². The molecule has 1 rings (SSSR count). The molecule has 80 valence electrons. The van der Waals surface area contributed by atoms with Crippen LogP contribution >= 0.6 is 0 Å². The van der Waals surface area contributed by atoms with Crippen molar-refractivity contribution in [1.82, 2.24) is 9.97 Å². The number of aromatic nitrogens is 2. The second kappa shape index (κ2) is 4.60. The van der Waals surface area contributed by atoms with E-state index in [1.807, 2.05) is 0 Å². The van der Waals surface area contributed by atoms with E-state index < -0.39 is 0 Å². The average molecular weight is 195 g/mol. The summed E-state index contributed by atoms with van der Waals surface area (Å²) in [5, 5.41) is 0. The molecule has 3 nitrogen and oxygen atoms in total. The highest BCUT2D eigenvalue weighted by atomic mass is 15.0. The zero-order valence-electron chi connectivity index (χ0n) is 9.59. The van der Waals surface area contributed by atoms with Gasteiger partial charge in [-0.2, -0.15) is 0 Å². The fraction of sp³-hybridized carbons (Fsp3) is 0.727. The van der Waals surface area contributed by atoms with Crippen molar-refractivity contribution in [2.24, 2.45) is 11.7 Å². The van der Waals surface area contributed by atoms with Crippen molar-refractivity contribution in [2.75, 3.05) is 0 Å². The smallest absolute Gasteiger partial charge is 0.109 e. The summed E-state index contributed by atoms with van der Waals surface area (Å²) in [6, 6.07) is 0. The molecule has 0 radical (unpaired) electrons. The van der Waals surface area contributed by atoms with Gasteiger partial charge in [-0.1, -0.05) is 27.7 Å². The standard InChI is InChI=1S/C11H21N3/c1-7(2)5-9-10(6-12)14-11(13-9)8(3)4/h7-8H,5-6,12H2,1-4H3,(H,13,14). The largest absolute Gasteiger partial charge is 0.344 e. The highest BCUT2D eigenvalue weighted by molar-refractivity contribution is 5.16. The topological polar surface area (TPSA) is 54.7 Å². The monoisotopic (exact) mass is 195 g/mol. The molecule has 0 saturated heterocycles. The molecule has 3 N–H and O–H groups in total. The summed E-state index contributed by atoms with van der Waals surface area (Å²) in [6.45, 7) is 9.23. The Morgan fingerprint density at radius 3 is 2.36 bits per heavy atom. The Morgan fingerprint density at radius 1 is 1.29 bits per heavy atom. The molecule has 0 fully saturated rings. The Kier molecular flexibility index (Phi) is 3.69. The number of hydrogen-bond donors (Lipinski definition) is 2. The zero-order chi connectivity index (χ0) is 10.7. The lowest BCUT2D eigenvalue weighted by Crippen LogP contribution is -2.03. The lowest BCUT2D eigenvalue weighted by atomic mass is 10.1. The van der Waals surface area contributed by atoms with E-state index >= 15 is 0 Å². The molecule has 1 heterocycles. The molecule has 14 heavy (non-hydrogen) atoms. The summed E-state index contributed by atoms with van der Waals surface area (Å²) in [5.74, 6) is 2.13. The average Bonchev–Trinajstić information content (AvgIpc) is 2.46. The van der Waals surface area contributed by atoms with Gasteiger partial charge in [-0.3, -0.25) is 0 Å². The van der Waals surface area contributed by atoms with E-state index in [2.05, 4.69) is 37.7 Å². The highest BCUT2D eigenvalue weighted by Crippen LogP contribution is 2.16. The zero-order valence-corrected chi connectivity index (χ0v) is 9.59. The summed E-state index contributed by atoms with van der Waals surface area (Å²) in [5.41, 5.74) is 7.91. The third kappa shape index (κ3) is 2.58. The van der Waals surface area contributed by atoms with Crippen LogP contribution in [0.25, 0.3) is 0 Å². The number of nitrogens with two attached hydrogens (primary N) is 1. The van der Waals surface area contributed by atoms with E-state index in [1.165, 1.54) is 0 Å². The van der Waals surface area contributed by atoms with Crippen LogP contribution < -0.4 is 5.73 Å². The molecule has 0 aliphatic heterocycles. The van der Waals surface area contributed by atoms with Crippen LogP contribution in [0.2, 0.25) is 0 Å². The SMILES string of the molecule is CC(C)Cc1nc(C(C)C)[nH]c1CN. The highest BCUT2D eigenvalue weighted by Gasteiger charge is 2.12. The lowest BCUT2D eigenvalue weighted by Gasteiger charge is -2.02. The molecular formula is C11H21N3.